The number of amides is 1. The third-order valence-electron chi connectivity index (χ3n) is 3.38. The van der Waals surface area contributed by atoms with Crippen LogP contribution in [0.1, 0.15) is 30.1 Å². The van der Waals surface area contributed by atoms with Gasteiger partial charge in [0.25, 0.3) is 5.91 Å². The molecule has 0 aliphatic carbocycles. The van der Waals surface area contributed by atoms with Crippen molar-refractivity contribution in [1.29, 1.82) is 0 Å². The number of aromatic hydroxyl groups is 1. The molecule has 1 saturated heterocycles. The summed E-state index contributed by atoms with van der Waals surface area (Å²) < 4.78 is 0. The van der Waals surface area contributed by atoms with Gasteiger partial charge in [0.15, 0.2) is 0 Å². The van der Waals surface area contributed by atoms with E-state index in [4.69, 9.17) is 11.6 Å². The lowest BCUT2D eigenvalue weighted by Crippen LogP contribution is -2.42. The molecule has 0 saturated carbocycles. The highest BCUT2D eigenvalue weighted by Gasteiger charge is 2.27. The van der Waals surface area contributed by atoms with Crippen LogP contribution in [0, 0.1) is 0 Å². The van der Waals surface area contributed by atoms with E-state index in [0.717, 1.165) is 25.9 Å². The lowest BCUT2D eigenvalue weighted by Gasteiger charge is -2.28. The Labute approximate surface area is 118 Å². The summed E-state index contributed by atoms with van der Waals surface area (Å²) >= 11 is 6.07. The van der Waals surface area contributed by atoms with Crippen LogP contribution in [0.5, 0.6) is 5.75 Å². The number of carbonyl (C=O) groups excluding carboxylic acids is 1. The molecule has 0 spiro atoms. The van der Waals surface area contributed by atoms with E-state index >= 15 is 0 Å². The van der Waals surface area contributed by atoms with E-state index in [9.17, 15) is 9.90 Å². The summed E-state index contributed by atoms with van der Waals surface area (Å²) in [7, 11) is 0. The van der Waals surface area contributed by atoms with Gasteiger partial charge in [-0.3, -0.25) is 4.79 Å². The molecular weight excluding hydrogens is 264 g/mol. The normalized spacial score (nSPS) is 18.5. The molecule has 1 aliphatic heterocycles. The number of phenolic OH excluding ortho intramolecular Hbond substituents is 1. The minimum absolute atomic E-state index is 0.0637. The molecule has 1 fully saturated rings. The molecule has 19 heavy (non-hydrogen) atoms. The van der Waals surface area contributed by atoms with E-state index < -0.39 is 0 Å². The zero-order valence-corrected chi connectivity index (χ0v) is 11.8. The first-order valence-electron chi connectivity index (χ1n) is 6.63. The standard InChI is InChI=1S/C14H19ClN2O2/c1-2-7-17(10-5-6-16-9-10)14(19)12-8-11(18)3-4-13(12)15/h3-4,8,10,16,18H,2,5-7,9H2,1H3. The molecule has 2 rings (SSSR count). The first-order chi connectivity index (χ1) is 9.13. The number of carbonyl (C=O) groups is 1. The SMILES string of the molecule is CCCN(C(=O)c1cc(O)ccc1Cl)C1CCNC1. The summed E-state index contributed by atoms with van der Waals surface area (Å²) in [5.41, 5.74) is 0.377. The number of benzene rings is 1. The van der Waals surface area contributed by atoms with Crippen molar-refractivity contribution in [1.82, 2.24) is 10.2 Å². The summed E-state index contributed by atoms with van der Waals surface area (Å²) in [6.45, 7) is 4.51. The lowest BCUT2D eigenvalue weighted by molar-refractivity contribution is 0.0692. The Morgan fingerprint density at radius 2 is 2.37 bits per heavy atom. The summed E-state index contributed by atoms with van der Waals surface area (Å²) in [6, 6.07) is 4.70. The maximum absolute atomic E-state index is 12.6. The molecule has 0 bridgehead atoms. The Balaban J connectivity index is 2.25. The molecule has 1 amide bonds. The van der Waals surface area contributed by atoms with Crippen LogP contribution in [0.2, 0.25) is 5.02 Å². The minimum Gasteiger partial charge on any atom is -0.508 e. The minimum atomic E-state index is -0.101. The fraction of sp³-hybridized carbons (Fsp3) is 0.500. The molecule has 5 heteroatoms. The smallest absolute Gasteiger partial charge is 0.255 e. The van der Waals surface area contributed by atoms with Crippen LogP contribution in [-0.2, 0) is 0 Å². The van der Waals surface area contributed by atoms with Gasteiger partial charge in [0.1, 0.15) is 5.75 Å². The average molecular weight is 283 g/mol. The molecule has 1 aromatic rings. The van der Waals surface area contributed by atoms with Gasteiger partial charge in [-0.15, -0.1) is 0 Å². The van der Waals surface area contributed by atoms with Gasteiger partial charge in [-0.05, 0) is 37.6 Å². The second-order valence-corrected chi connectivity index (χ2v) is 5.22. The Kier molecular flexibility index (Phi) is 4.66. The molecule has 0 radical (unpaired) electrons. The number of hydrogen-bond acceptors (Lipinski definition) is 3. The Morgan fingerprint density at radius 3 is 3.00 bits per heavy atom. The number of rotatable bonds is 4. The Bertz CT molecular complexity index is 459. The van der Waals surface area contributed by atoms with E-state index in [2.05, 4.69) is 5.32 Å². The van der Waals surface area contributed by atoms with Crippen LogP contribution in [-0.4, -0.2) is 41.6 Å². The van der Waals surface area contributed by atoms with Gasteiger partial charge < -0.3 is 15.3 Å². The van der Waals surface area contributed by atoms with Crippen LogP contribution in [0.4, 0.5) is 0 Å². The summed E-state index contributed by atoms with van der Waals surface area (Å²) in [6.07, 6.45) is 1.86. The van der Waals surface area contributed by atoms with E-state index in [1.165, 1.54) is 12.1 Å². The predicted octanol–water partition coefficient (Wildman–Crippen LogP) is 2.26. The molecule has 1 aliphatic rings. The van der Waals surface area contributed by atoms with Crippen molar-refractivity contribution in [3.63, 3.8) is 0 Å². The summed E-state index contributed by atoms with van der Waals surface area (Å²) in [5, 5.41) is 13.2. The van der Waals surface area contributed by atoms with Gasteiger partial charge in [-0.2, -0.15) is 0 Å². The van der Waals surface area contributed by atoms with Crippen LogP contribution in [0.3, 0.4) is 0 Å². The fourth-order valence-electron chi connectivity index (χ4n) is 2.43. The molecule has 2 N–H and O–H groups in total. The van der Waals surface area contributed by atoms with Crippen molar-refractivity contribution < 1.29 is 9.90 Å². The quantitative estimate of drug-likeness (QED) is 0.891. The van der Waals surface area contributed by atoms with E-state index in [1.807, 2.05) is 11.8 Å². The van der Waals surface area contributed by atoms with Crippen molar-refractivity contribution >= 4 is 17.5 Å². The van der Waals surface area contributed by atoms with Gasteiger partial charge in [0.05, 0.1) is 10.6 Å². The number of hydrogen-bond donors (Lipinski definition) is 2. The predicted molar refractivity (Wildman–Crippen MR) is 75.7 cm³/mol. The van der Waals surface area contributed by atoms with Crippen molar-refractivity contribution in [2.24, 2.45) is 0 Å². The van der Waals surface area contributed by atoms with E-state index in [-0.39, 0.29) is 17.7 Å². The highest BCUT2D eigenvalue weighted by atomic mass is 35.5. The van der Waals surface area contributed by atoms with Crippen molar-refractivity contribution in [3.8, 4) is 5.75 Å². The highest BCUT2D eigenvalue weighted by Crippen LogP contribution is 2.24. The molecule has 0 aromatic heterocycles. The summed E-state index contributed by atoms with van der Waals surface area (Å²) in [5.74, 6) is -0.0369. The third kappa shape index (κ3) is 3.19. The molecule has 4 nitrogen and oxygen atoms in total. The van der Waals surface area contributed by atoms with Crippen molar-refractivity contribution in [2.45, 2.75) is 25.8 Å². The van der Waals surface area contributed by atoms with Gasteiger partial charge in [0.2, 0.25) is 0 Å². The second-order valence-electron chi connectivity index (χ2n) is 4.81. The molecule has 1 heterocycles. The van der Waals surface area contributed by atoms with Gasteiger partial charge >= 0.3 is 0 Å². The number of nitrogens with zero attached hydrogens (tertiary/aromatic N) is 1. The monoisotopic (exact) mass is 282 g/mol. The Hall–Kier alpha value is -1.26. The van der Waals surface area contributed by atoms with Crippen LogP contribution >= 0.6 is 11.6 Å². The van der Waals surface area contributed by atoms with Gasteiger partial charge in [-0.25, -0.2) is 0 Å². The largest absolute Gasteiger partial charge is 0.508 e. The van der Waals surface area contributed by atoms with Crippen LogP contribution < -0.4 is 5.32 Å². The van der Waals surface area contributed by atoms with Gasteiger partial charge in [-0.1, -0.05) is 18.5 Å². The van der Waals surface area contributed by atoms with Crippen LogP contribution in [0.15, 0.2) is 18.2 Å². The maximum atomic E-state index is 12.6. The highest BCUT2D eigenvalue weighted by molar-refractivity contribution is 6.33. The number of nitrogens with one attached hydrogen (secondary N) is 1. The van der Waals surface area contributed by atoms with Crippen molar-refractivity contribution in [3.05, 3.63) is 28.8 Å². The van der Waals surface area contributed by atoms with Gasteiger partial charge in [0, 0.05) is 19.1 Å². The van der Waals surface area contributed by atoms with E-state index in [0.29, 0.717) is 17.1 Å². The zero-order chi connectivity index (χ0) is 13.8. The number of halogens is 1. The van der Waals surface area contributed by atoms with Crippen molar-refractivity contribution in [2.75, 3.05) is 19.6 Å². The molecule has 1 atom stereocenters. The molecule has 104 valence electrons. The first-order valence-corrected chi connectivity index (χ1v) is 7.01. The fourth-order valence-corrected chi connectivity index (χ4v) is 2.63. The average Bonchev–Trinajstić information content (AvgIpc) is 2.92. The summed E-state index contributed by atoms with van der Waals surface area (Å²) in [4.78, 5) is 14.5. The third-order valence-corrected chi connectivity index (χ3v) is 3.71. The Morgan fingerprint density at radius 1 is 1.58 bits per heavy atom. The van der Waals surface area contributed by atoms with Crippen LogP contribution in [0.25, 0.3) is 0 Å². The number of phenols is 1. The molecular formula is C14H19ClN2O2. The molecule has 1 unspecified atom stereocenters. The topological polar surface area (TPSA) is 52.6 Å². The molecule has 1 aromatic carbocycles. The van der Waals surface area contributed by atoms with E-state index in [1.54, 1.807) is 6.07 Å². The second kappa shape index (κ2) is 6.26. The first kappa shape index (κ1) is 14.2. The maximum Gasteiger partial charge on any atom is 0.255 e. The zero-order valence-electron chi connectivity index (χ0n) is 11.0. The lowest BCUT2D eigenvalue weighted by atomic mass is 10.1.